The van der Waals surface area contributed by atoms with Gasteiger partial charge in [-0.1, -0.05) is 24.3 Å². The van der Waals surface area contributed by atoms with Gasteiger partial charge in [-0.3, -0.25) is 0 Å². The molecule has 0 aliphatic rings. The fraction of sp³-hybridized carbons (Fsp3) is 0.286. The van der Waals surface area contributed by atoms with Gasteiger partial charge in [-0.15, -0.1) is 0 Å². The monoisotopic (exact) mass is 248 g/mol. The summed E-state index contributed by atoms with van der Waals surface area (Å²) in [6, 6.07) is 11.6. The van der Waals surface area contributed by atoms with Crippen molar-refractivity contribution in [2.75, 3.05) is 13.2 Å². The van der Waals surface area contributed by atoms with Crippen LogP contribution < -0.4 is 0 Å². The number of ether oxygens (including phenoxy) is 1. The van der Waals surface area contributed by atoms with Gasteiger partial charge in [0.05, 0.1) is 26.1 Å². The Morgan fingerprint density at radius 2 is 1.94 bits per heavy atom. The van der Waals surface area contributed by atoms with Crippen molar-refractivity contribution in [3.05, 3.63) is 48.2 Å². The quantitative estimate of drug-likeness (QED) is 0.818. The second-order valence-corrected chi connectivity index (χ2v) is 4.03. The number of benzene rings is 1. The average Bonchev–Trinajstić information content (AvgIpc) is 2.93. The van der Waals surface area contributed by atoms with Crippen molar-refractivity contribution in [1.82, 2.24) is 0 Å². The number of aliphatic hydroxyl groups is 2. The Labute approximate surface area is 105 Å². The van der Waals surface area contributed by atoms with Crippen molar-refractivity contribution >= 4 is 0 Å². The fourth-order valence-corrected chi connectivity index (χ4v) is 1.57. The standard InChI is InChI=1S/C14H16O4/c15-8-13(16)10-17-9-11-3-5-12(6-4-11)14-2-1-7-18-14/h1-7,13,15-16H,8-10H2. The van der Waals surface area contributed by atoms with Crippen molar-refractivity contribution in [3.63, 3.8) is 0 Å². The topological polar surface area (TPSA) is 62.8 Å². The minimum absolute atomic E-state index is 0.135. The molecule has 4 nitrogen and oxygen atoms in total. The number of hydrogen-bond donors (Lipinski definition) is 2. The number of hydrogen-bond acceptors (Lipinski definition) is 4. The van der Waals surface area contributed by atoms with Gasteiger partial charge < -0.3 is 19.4 Å². The van der Waals surface area contributed by atoms with Crippen molar-refractivity contribution < 1.29 is 19.4 Å². The second-order valence-electron chi connectivity index (χ2n) is 4.03. The molecule has 0 aliphatic carbocycles. The summed E-state index contributed by atoms with van der Waals surface area (Å²) in [5, 5.41) is 17.8. The van der Waals surface area contributed by atoms with E-state index < -0.39 is 6.10 Å². The third kappa shape index (κ3) is 3.43. The number of rotatable bonds is 6. The maximum Gasteiger partial charge on any atom is 0.133 e. The van der Waals surface area contributed by atoms with Crippen LogP contribution in [0.2, 0.25) is 0 Å². The highest BCUT2D eigenvalue weighted by molar-refractivity contribution is 5.57. The van der Waals surface area contributed by atoms with E-state index >= 15 is 0 Å². The van der Waals surface area contributed by atoms with Crippen LogP contribution in [0.3, 0.4) is 0 Å². The maximum absolute atomic E-state index is 9.12. The zero-order chi connectivity index (χ0) is 12.8. The van der Waals surface area contributed by atoms with Crippen molar-refractivity contribution in [1.29, 1.82) is 0 Å². The van der Waals surface area contributed by atoms with Crippen LogP contribution in [0.4, 0.5) is 0 Å². The number of furan rings is 1. The smallest absolute Gasteiger partial charge is 0.133 e. The van der Waals surface area contributed by atoms with Crippen LogP contribution in [0.25, 0.3) is 11.3 Å². The molecular weight excluding hydrogens is 232 g/mol. The molecule has 1 aromatic heterocycles. The Balaban J connectivity index is 1.88. The van der Waals surface area contributed by atoms with Crippen molar-refractivity contribution in [2.45, 2.75) is 12.7 Å². The van der Waals surface area contributed by atoms with Crippen LogP contribution in [-0.4, -0.2) is 29.5 Å². The van der Waals surface area contributed by atoms with Gasteiger partial charge in [0, 0.05) is 5.56 Å². The molecule has 2 rings (SSSR count). The summed E-state index contributed by atoms with van der Waals surface area (Å²) >= 11 is 0. The Morgan fingerprint density at radius 1 is 1.17 bits per heavy atom. The molecule has 0 amide bonds. The molecule has 0 bridgehead atoms. The number of aliphatic hydroxyl groups excluding tert-OH is 2. The minimum Gasteiger partial charge on any atom is -0.464 e. The fourth-order valence-electron chi connectivity index (χ4n) is 1.57. The Hall–Kier alpha value is -1.62. The van der Waals surface area contributed by atoms with E-state index in [9.17, 15) is 0 Å². The van der Waals surface area contributed by atoms with Crippen molar-refractivity contribution in [2.24, 2.45) is 0 Å². The van der Waals surface area contributed by atoms with Crippen LogP contribution in [0.5, 0.6) is 0 Å². The summed E-state index contributed by atoms with van der Waals surface area (Å²) in [6.45, 7) is 0.267. The van der Waals surface area contributed by atoms with E-state index in [-0.39, 0.29) is 13.2 Å². The normalized spacial score (nSPS) is 12.6. The molecule has 18 heavy (non-hydrogen) atoms. The van der Waals surface area contributed by atoms with E-state index in [4.69, 9.17) is 19.4 Å². The lowest BCUT2D eigenvalue weighted by Crippen LogP contribution is -2.19. The van der Waals surface area contributed by atoms with E-state index in [0.29, 0.717) is 6.61 Å². The van der Waals surface area contributed by atoms with Crippen molar-refractivity contribution in [3.8, 4) is 11.3 Å². The zero-order valence-electron chi connectivity index (χ0n) is 9.95. The summed E-state index contributed by atoms with van der Waals surface area (Å²) in [7, 11) is 0. The van der Waals surface area contributed by atoms with Gasteiger partial charge in [0.25, 0.3) is 0 Å². The summed E-state index contributed by atoms with van der Waals surface area (Å²) in [4.78, 5) is 0. The van der Waals surface area contributed by atoms with Crippen LogP contribution in [-0.2, 0) is 11.3 Å². The molecule has 96 valence electrons. The van der Waals surface area contributed by atoms with Gasteiger partial charge in [-0.05, 0) is 17.7 Å². The third-order valence-corrected chi connectivity index (χ3v) is 2.55. The molecule has 0 saturated heterocycles. The lowest BCUT2D eigenvalue weighted by atomic mass is 10.1. The third-order valence-electron chi connectivity index (χ3n) is 2.55. The zero-order valence-corrected chi connectivity index (χ0v) is 9.95. The largest absolute Gasteiger partial charge is 0.464 e. The van der Waals surface area contributed by atoms with Gasteiger partial charge in [0.15, 0.2) is 0 Å². The molecule has 2 aromatic rings. The summed E-state index contributed by atoms with van der Waals surface area (Å²) < 4.78 is 10.6. The van der Waals surface area contributed by atoms with Crippen LogP contribution in [0.1, 0.15) is 5.56 Å². The molecule has 4 heteroatoms. The Morgan fingerprint density at radius 3 is 2.56 bits per heavy atom. The first kappa shape index (κ1) is 12.8. The van der Waals surface area contributed by atoms with E-state index in [2.05, 4.69) is 0 Å². The van der Waals surface area contributed by atoms with Gasteiger partial charge in [0.1, 0.15) is 11.9 Å². The summed E-state index contributed by atoms with van der Waals surface area (Å²) in [6.07, 6.45) is 0.829. The molecule has 2 N–H and O–H groups in total. The highest BCUT2D eigenvalue weighted by Gasteiger charge is 2.03. The molecule has 0 fully saturated rings. The Kier molecular flexibility index (Phi) is 4.52. The first-order valence-corrected chi connectivity index (χ1v) is 5.79. The van der Waals surface area contributed by atoms with Gasteiger partial charge in [-0.25, -0.2) is 0 Å². The second kappa shape index (κ2) is 6.35. The van der Waals surface area contributed by atoms with Gasteiger partial charge in [0.2, 0.25) is 0 Å². The SMILES string of the molecule is OCC(O)COCc1ccc(-c2ccco2)cc1. The van der Waals surface area contributed by atoms with E-state index in [1.165, 1.54) is 0 Å². The summed E-state index contributed by atoms with van der Waals surface area (Å²) in [5.74, 6) is 0.832. The molecule has 0 saturated carbocycles. The first-order chi connectivity index (χ1) is 8.79. The van der Waals surface area contributed by atoms with Gasteiger partial charge in [-0.2, -0.15) is 0 Å². The predicted octanol–water partition coefficient (Wildman–Crippen LogP) is 1.82. The van der Waals surface area contributed by atoms with Gasteiger partial charge >= 0.3 is 0 Å². The van der Waals surface area contributed by atoms with Crippen LogP contribution in [0, 0.1) is 0 Å². The highest BCUT2D eigenvalue weighted by Crippen LogP contribution is 2.20. The Bertz CT molecular complexity index is 447. The molecule has 1 heterocycles. The van der Waals surface area contributed by atoms with Crippen LogP contribution >= 0.6 is 0 Å². The summed E-state index contributed by atoms with van der Waals surface area (Å²) in [5.41, 5.74) is 2.02. The van der Waals surface area contributed by atoms with E-state index in [1.807, 2.05) is 36.4 Å². The molecule has 1 unspecified atom stereocenters. The lowest BCUT2D eigenvalue weighted by Gasteiger charge is -2.08. The van der Waals surface area contributed by atoms with Crippen LogP contribution in [0.15, 0.2) is 47.1 Å². The molecule has 0 aliphatic heterocycles. The molecular formula is C14H16O4. The molecule has 0 spiro atoms. The highest BCUT2D eigenvalue weighted by atomic mass is 16.5. The van der Waals surface area contributed by atoms with E-state index in [1.54, 1.807) is 6.26 Å². The molecule has 1 aromatic carbocycles. The molecule has 1 atom stereocenters. The lowest BCUT2D eigenvalue weighted by molar-refractivity contribution is 0.0000269. The first-order valence-electron chi connectivity index (χ1n) is 5.79. The van der Waals surface area contributed by atoms with E-state index in [0.717, 1.165) is 16.9 Å². The molecule has 0 radical (unpaired) electrons. The predicted molar refractivity (Wildman–Crippen MR) is 66.9 cm³/mol. The maximum atomic E-state index is 9.12. The minimum atomic E-state index is -0.813. The average molecular weight is 248 g/mol.